The van der Waals surface area contributed by atoms with E-state index >= 15 is 0 Å². The molecule has 1 aliphatic heterocycles. The number of hydrogen-bond donors (Lipinski definition) is 3. The fourth-order valence-electron chi connectivity index (χ4n) is 3.06. The lowest BCUT2D eigenvalue weighted by atomic mass is 9.84. The van der Waals surface area contributed by atoms with Crippen LogP contribution in [-0.2, 0) is 14.3 Å². The van der Waals surface area contributed by atoms with Crippen LogP contribution >= 0.6 is 0 Å². The van der Waals surface area contributed by atoms with Crippen LogP contribution in [0.5, 0.6) is 0 Å². The van der Waals surface area contributed by atoms with Gasteiger partial charge in [-0.3, -0.25) is 9.59 Å². The van der Waals surface area contributed by atoms with Gasteiger partial charge in [0.2, 0.25) is 5.91 Å². The van der Waals surface area contributed by atoms with Crippen LogP contribution in [0.15, 0.2) is 30.5 Å². The highest BCUT2D eigenvalue weighted by atomic mass is 16.5. The number of hydrogen-bond acceptors (Lipinski definition) is 4. The maximum absolute atomic E-state index is 12.1. The Bertz CT molecular complexity index is 694. The molecule has 6 heteroatoms. The van der Waals surface area contributed by atoms with Crippen LogP contribution in [0.1, 0.15) is 11.5 Å². The Kier molecular flexibility index (Phi) is 3.39. The minimum Gasteiger partial charge on any atom is -0.468 e. The maximum atomic E-state index is 12.1. The number of aliphatic hydroxyl groups excluding tert-OH is 1. The molecule has 21 heavy (non-hydrogen) atoms. The van der Waals surface area contributed by atoms with E-state index in [0.29, 0.717) is 0 Å². The number of fused-ring (bicyclic) bond motifs is 1. The first-order chi connectivity index (χ1) is 10.2. The van der Waals surface area contributed by atoms with Crippen LogP contribution < -0.4 is 5.32 Å². The van der Waals surface area contributed by atoms with E-state index in [1.807, 2.05) is 24.3 Å². The third kappa shape index (κ3) is 2.08. The van der Waals surface area contributed by atoms with Gasteiger partial charge in [0.05, 0.1) is 19.8 Å². The minimum absolute atomic E-state index is 0.233. The number of aliphatic hydroxyl groups is 1. The molecular formula is C15H16N2O4. The van der Waals surface area contributed by atoms with Crippen molar-refractivity contribution in [3.8, 4) is 0 Å². The van der Waals surface area contributed by atoms with Crippen molar-refractivity contribution in [3.63, 3.8) is 0 Å². The van der Waals surface area contributed by atoms with Gasteiger partial charge in [0.25, 0.3) is 0 Å². The smallest absolute Gasteiger partial charge is 0.318 e. The highest BCUT2D eigenvalue weighted by molar-refractivity contribution is 6.02. The summed E-state index contributed by atoms with van der Waals surface area (Å²) in [7, 11) is 1.26. The summed E-state index contributed by atoms with van der Waals surface area (Å²) < 4.78 is 4.75. The van der Waals surface area contributed by atoms with Crippen molar-refractivity contribution in [1.29, 1.82) is 0 Å². The molecule has 110 valence electrons. The predicted octanol–water partition coefficient (Wildman–Crippen LogP) is 0.531. The predicted molar refractivity (Wildman–Crippen MR) is 75.6 cm³/mol. The molecule has 0 unspecified atom stereocenters. The second kappa shape index (κ2) is 5.21. The number of esters is 1. The first-order valence-corrected chi connectivity index (χ1v) is 6.72. The lowest BCUT2D eigenvalue weighted by molar-refractivity contribution is -0.149. The molecular weight excluding hydrogens is 272 g/mol. The van der Waals surface area contributed by atoms with E-state index in [4.69, 9.17) is 4.74 Å². The molecule has 0 bridgehead atoms. The zero-order valence-corrected chi connectivity index (χ0v) is 11.5. The van der Waals surface area contributed by atoms with E-state index in [2.05, 4.69) is 10.3 Å². The quantitative estimate of drug-likeness (QED) is 0.567. The molecule has 1 amide bonds. The van der Waals surface area contributed by atoms with E-state index in [1.165, 1.54) is 7.11 Å². The topological polar surface area (TPSA) is 91.4 Å². The van der Waals surface area contributed by atoms with E-state index in [9.17, 15) is 14.7 Å². The number of rotatable bonds is 3. The first-order valence-electron chi connectivity index (χ1n) is 6.72. The van der Waals surface area contributed by atoms with Crippen molar-refractivity contribution in [2.24, 2.45) is 5.92 Å². The van der Waals surface area contributed by atoms with Crippen molar-refractivity contribution >= 4 is 22.8 Å². The Morgan fingerprint density at radius 2 is 2.14 bits per heavy atom. The average molecular weight is 288 g/mol. The van der Waals surface area contributed by atoms with Crippen LogP contribution in [0, 0.1) is 5.92 Å². The number of carbonyl (C=O) groups excluding carboxylic acids is 2. The van der Waals surface area contributed by atoms with Gasteiger partial charge in [-0.25, -0.2) is 0 Å². The van der Waals surface area contributed by atoms with Gasteiger partial charge in [-0.1, -0.05) is 18.2 Å². The summed E-state index contributed by atoms with van der Waals surface area (Å²) in [6.07, 6.45) is 1.79. The van der Waals surface area contributed by atoms with Crippen molar-refractivity contribution in [2.45, 2.75) is 12.0 Å². The molecule has 2 heterocycles. The first kappa shape index (κ1) is 13.6. The van der Waals surface area contributed by atoms with Gasteiger partial charge in [-0.05, 0) is 11.6 Å². The number of amides is 1. The number of carbonyl (C=O) groups is 2. The van der Waals surface area contributed by atoms with E-state index in [-0.39, 0.29) is 6.61 Å². The number of methoxy groups -OCH3 is 1. The third-order valence-corrected chi connectivity index (χ3v) is 4.03. The maximum Gasteiger partial charge on any atom is 0.318 e. The zero-order chi connectivity index (χ0) is 15.0. The summed E-state index contributed by atoms with van der Waals surface area (Å²) >= 11 is 0. The average Bonchev–Trinajstić information content (AvgIpc) is 3.06. The Hall–Kier alpha value is -2.34. The van der Waals surface area contributed by atoms with Gasteiger partial charge in [0.15, 0.2) is 0 Å². The molecule has 0 radical (unpaired) electrons. The van der Waals surface area contributed by atoms with Crippen LogP contribution in [-0.4, -0.2) is 41.7 Å². The molecule has 1 fully saturated rings. The number of H-pyrrole nitrogens is 1. The molecule has 1 aromatic carbocycles. The summed E-state index contributed by atoms with van der Waals surface area (Å²) in [5.74, 6) is -2.38. The van der Waals surface area contributed by atoms with Gasteiger partial charge in [-0.2, -0.15) is 0 Å². The van der Waals surface area contributed by atoms with E-state index < -0.39 is 29.8 Å². The molecule has 1 aliphatic rings. The molecule has 3 rings (SSSR count). The normalized spacial score (nSPS) is 25.0. The largest absolute Gasteiger partial charge is 0.468 e. The summed E-state index contributed by atoms with van der Waals surface area (Å²) in [6.45, 7) is -0.233. The number of aromatic nitrogens is 1. The Morgan fingerprint density at radius 3 is 2.86 bits per heavy atom. The van der Waals surface area contributed by atoms with Crippen LogP contribution in [0.25, 0.3) is 10.9 Å². The fraction of sp³-hybridized carbons (Fsp3) is 0.333. The molecule has 2 aromatic rings. The highest BCUT2D eigenvalue weighted by Gasteiger charge is 2.48. The molecule has 0 spiro atoms. The second-order valence-electron chi connectivity index (χ2n) is 5.11. The van der Waals surface area contributed by atoms with Crippen molar-refractivity contribution in [1.82, 2.24) is 10.3 Å². The van der Waals surface area contributed by atoms with Crippen LogP contribution in [0.3, 0.4) is 0 Å². The van der Waals surface area contributed by atoms with Crippen molar-refractivity contribution < 1.29 is 19.4 Å². The zero-order valence-electron chi connectivity index (χ0n) is 11.5. The van der Waals surface area contributed by atoms with Crippen LogP contribution in [0.2, 0.25) is 0 Å². The van der Waals surface area contributed by atoms with E-state index in [1.54, 1.807) is 6.20 Å². The van der Waals surface area contributed by atoms with Gasteiger partial charge in [0.1, 0.15) is 5.92 Å². The Labute approximate surface area is 121 Å². The lowest BCUT2D eigenvalue weighted by Crippen LogP contribution is -2.31. The van der Waals surface area contributed by atoms with Gasteiger partial charge >= 0.3 is 5.97 Å². The number of benzene rings is 1. The second-order valence-corrected chi connectivity index (χ2v) is 5.11. The molecule has 1 aromatic heterocycles. The number of nitrogens with one attached hydrogen (secondary N) is 2. The minimum atomic E-state index is -0.939. The number of ether oxygens (including phenoxy) is 1. The standard InChI is InChI=1S/C15H16N2O4/c1-21-15(20)13-12(11(7-18)17-14(13)19)9-6-16-10-5-3-2-4-8(9)10/h2-6,11-13,16,18H,7H2,1H3,(H,17,19)/t11-,12+,13-/m0/s1. The monoisotopic (exact) mass is 288 g/mol. The summed E-state index contributed by atoms with van der Waals surface area (Å²) in [5, 5.41) is 13.1. The van der Waals surface area contributed by atoms with Crippen LogP contribution in [0.4, 0.5) is 0 Å². The Morgan fingerprint density at radius 1 is 1.38 bits per heavy atom. The summed E-state index contributed by atoms with van der Waals surface area (Å²) in [4.78, 5) is 27.1. The lowest BCUT2D eigenvalue weighted by Gasteiger charge is -2.19. The molecule has 3 atom stereocenters. The molecule has 1 saturated heterocycles. The van der Waals surface area contributed by atoms with Gasteiger partial charge < -0.3 is 20.1 Å². The Balaban J connectivity index is 2.11. The number of para-hydroxylation sites is 1. The molecule has 0 saturated carbocycles. The van der Waals surface area contributed by atoms with Gasteiger partial charge in [-0.15, -0.1) is 0 Å². The van der Waals surface area contributed by atoms with E-state index in [0.717, 1.165) is 16.5 Å². The number of aromatic amines is 1. The van der Waals surface area contributed by atoms with Gasteiger partial charge in [0, 0.05) is 23.0 Å². The summed E-state index contributed by atoms with van der Waals surface area (Å²) in [5.41, 5.74) is 1.76. The van der Waals surface area contributed by atoms with Crippen molar-refractivity contribution in [3.05, 3.63) is 36.0 Å². The highest BCUT2D eigenvalue weighted by Crippen LogP contribution is 2.38. The van der Waals surface area contributed by atoms with Crippen molar-refractivity contribution in [2.75, 3.05) is 13.7 Å². The molecule has 3 N–H and O–H groups in total. The molecule has 0 aliphatic carbocycles. The SMILES string of the molecule is COC(=O)[C@@H]1C(=O)N[C@@H](CO)[C@H]1c1c[nH]c2ccccc12. The fourth-order valence-corrected chi connectivity index (χ4v) is 3.06. The third-order valence-electron chi connectivity index (χ3n) is 4.03. The molecule has 6 nitrogen and oxygen atoms in total. The summed E-state index contributed by atoms with van der Waals surface area (Å²) in [6, 6.07) is 7.14.